The van der Waals surface area contributed by atoms with E-state index in [1.165, 1.54) is 10.4 Å². The van der Waals surface area contributed by atoms with Gasteiger partial charge in [0.05, 0.1) is 11.7 Å². The Kier molecular flexibility index (Phi) is 4.96. The third-order valence-electron chi connectivity index (χ3n) is 3.61. The van der Waals surface area contributed by atoms with E-state index in [0.29, 0.717) is 0 Å². The molecule has 20 heavy (non-hydrogen) atoms. The van der Waals surface area contributed by atoms with Gasteiger partial charge in [0.1, 0.15) is 5.76 Å². The Morgan fingerprint density at radius 3 is 2.70 bits per heavy atom. The lowest BCUT2D eigenvalue weighted by molar-refractivity contribution is 0.199. The first kappa shape index (κ1) is 15.2. The molecule has 0 aliphatic rings. The van der Waals surface area contributed by atoms with E-state index < -0.39 is 0 Å². The van der Waals surface area contributed by atoms with Crippen LogP contribution in [0.3, 0.4) is 0 Å². The summed E-state index contributed by atoms with van der Waals surface area (Å²) in [6.07, 6.45) is 0.949. The van der Waals surface area contributed by atoms with Crippen LogP contribution in [-0.4, -0.2) is 23.1 Å². The molecule has 0 saturated carbocycles. The minimum Gasteiger partial charge on any atom is -0.361 e. The van der Waals surface area contributed by atoms with Crippen LogP contribution >= 0.6 is 11.3 Å². The largest absolute Gasteiger partial charge is 0.361 e. The number of thiophene rings is 1. The van der Waals surface area contributed by atoms with E-state index in [2.05, 4.69) is 42.4 Å². The van der Waals surface area contributed by atoms with Crippen molar-refractivity contribution in [2.45, 2.75) is 45.8 Å². The van der Waals surface area contributed by atoms with Gasteiger partial charge in [-0.05, 0) is 44.3 Å². The van der Waals surface area contributed by atoms with Gasteiger partial charge < -0.3 is 10.3 Å². The summed E-state index contributed by atoms with van der Waals surface area (Å²) in [5.74, 6) is 0.844. The molecule has 0 aliphatic carbocycles. The van der Waals surface area contributed by atoms with E-state index in [-0.39, 0.29) is 12.1 Å². The Labute approximate surface area is 124 Å². The first-order valence-electron chi connectivity index (χ1n) is 6.95. The zero-order valence-corrected chi connectivity index (χ0v) is 13.4. The smallest absolute Gasteiger partial charge is 0.133 e. The molecule has 5 heteroatoms. The van der Waals surface area contributed by atoms with E-state index >= 15 is 0 Å². The predicted octanol–water partition coefficient (Wildman–Crippen LogP) is 3.26. The van der Waals surface area contributed by atoms with Crippen molar-refractivity contribution in [1.29, 1.82) is 0 Å². The molecular weight excluding hydrogens is 270 g/mol. The molecule has 0 saturated heterocycles. The van der Waals surface area contributed by atoms with Crippen molar-refractivity contribution in [2.24, 2.45) is 5.73 Å². The summed E-state index contributed by atoms with van der Waals surface area (Å²) in [5, 5.41) is 6.21. The number of aromatic nitrogens is 1. The van der Waals surface area contributed by atoms with Gasteiger partial charge in [0.2, 0.25) is 0 Å². The van der Waals surface area contributed by atoms with Crippen molar-refractivity contribution in [3.8, 4) is 0 Å². The van der Waals surface area contributed by atoms with Crippen LogP contribution in [0.1, 0.15) is 41.3 Å². The van der Waals surface area contributed by atoms with E-state index in [9.17, 15) is 0 Å². The zero-order valence-electron chi connectivity index (χ0n) is 12.6. The lowest BCUT2D eigenvalue weighted by Crippen LogP contribution is -2.38. The summed E-state index contributed by atoms with van der Waals surface area (Å²) in [6, 6.07) is 4.47. The number of nitrogens with two attached hydrogens (primary N) is 1. The molecule has 0 radical (unpaired) electrons. The van der Waals surface area contributed by atoms with Crippen LogP contribution in [0.15, 0.2) is 22.0 Å². The Morgan fingerprint density at radius 1 is 1.45 bits per heavy atom. The minimum absolute atomic E-state index is 0.116. The molecular formula is C15H23N3OS. The highest BCUT2D eigenvalue weighted by Crippen LogP contribution is 2.31. The Hall–Kier alpha value is -1.17. The maximum absolute atomic E-state index is 6.36. The topological polar surface area (TPSA) is 55.3 Å². The van der Waals surface area contributed by atoms with Crippen LogP contribution in [-0.2, 0) is 6.54 Å². The van der Waals surface area contributed by atoms with E-state index in [1.807, 2.05) is 13.0 Å². The van der Waals surface area contributed by atoms with Gasteiger partial charge in [-0.2, -0.15) is 0 Å². The molecule has 2 rings (SSSR count). The number of rotatable bonds is 6. The Morgan fingerprint density at radius 2 is 2.20 bits per heavy atom. The third-order valence-corrected chi connectivity index (χ3v) is 4.70. The minimum atomic E-state index is 0.116. The van der Waals surface area contributed by atoms with Gasteiger partial charge in [0, 0.05) is 23.5 Å². The number of nitrogens with zero attached hydrogens (tertiary/aromatic N) is 2. The second kappa shape index (κ2) is 6.52. The maximum Gasteiger partial charge on any atom is 0.133 e. The molecule has 2 N–H and O–H groups in total. The molecule has 0 bridgehead atoms. The van der Waals surface area contributed by atoms with Crippen LogP contribution in [0.2, 0.25) is 0 Å². The Balaban J connectivity index is 2.20. The molecule has 0 aliphatic heterocycles. The first-order valence-corrected chi connectivity index (χ1v) is 7.83. The summed E-state index contributed by atoms with van der Waals surface area (Å²) in [6.45, 7) is 6.94. The van der Waals surface area contributed by atoms with Crippen molar-refractivity contribution < 1.29 is 4.52 Å². The number of hydrogen-bond acceptors (Lipinski definition) is 5. The molecule has 0 spiro atoms. The highest BCUT2D eigenvalue weighted by atomic mass is 32.1. The van der Waals surface area contributed by atoms with Crippen molar-refractivity contribution in [1.82, 2.24) is 10.1 Å². The first-order chi connectivity index (χ1) is 9.52. The number of hydrogen-bond donors (Lipinski definition) is 1. The van der Waals surface area contributed by atoms with E-state index in [4.69, 9.17) is 10.3 Å². The summed E-state index contributed by atoms with van der Waals surface area (Å²) in [4.78, 5) is 3.62. The average molecular weight is 293 g/mol. The lowest BCUT2D eigenvalue weighted by atomic mass is 10.0. The summed E-state index contributed by atoms with van der Waals surface area (Å²) in [5.41, 5.74) is 8.62. The molecule has 0 amide bonds. The monoisotopic (exact) mass is 293 g/mol. The van der Waals surface area contributed by atoms with Gasteiger partial charge >= 0.3 is 0 Å². The van der Waals surface area contributed by atoms with E-state index in [1.54, 1.807) is 11.3 Å². The second-order valence-electron chi connectivity index (χ2n) is 5.33. The molecule has 4 nitrogen and oxygen atoms in total. The summed E-state index contributed by atoms with van der Waals surface area (Å²) < 4.78 is 5.14. The SMILES string of the molecule is CCC(N)C(c1sccc1C)N(C)Cc1cc(C)on1. The van der Waals surface area contributed by atoms with Crippen LogP contribution < -0.4 is 5.73 Å². The van der Waals surface area contributed by atoms with Crippen LogP contribution in [0.5, 0.6) is 0 Å². The molecule has 2 unspecified atom stereocenters. The molecule has 110 valence electrons. The normalized spacial score (nSPS) is 14.7. The van der Waals surface area contributed by atoms with Crippen LogP contribution in [0, 0.1) is 13.8 Å². The third kappa shape index (κ3) is 3.29. The van der Waals surface area contributed by atoms with Crippen LogP contribution in [0.25, 0.3) is 0 Å². The lowest BCUT2D eigenvalue weighted by Gasteiger charge is -2.31. The molecule has 2 aromatic heterocycles. The predicted molar refractivity (Wildman–Crippen MR) is 82.8 cm³/mol. The van der Waals surface area contributed by atoms with Crippen molar-refractivity contribution in [2.75, 3.05) is 7.05 Å². The molecule has 2 heterocycles. The molecule has 0 fully saturated rings. The zero-order chi connectivity index (χ0) is 14.7. The van der Waals surface area contributed by atoms with Gasteiger partial charge in [-0.25, -0.2) is 0 Å². The summed E-state index contributed by atoms with van der Waals surface area (Å²) >= 11 is 1.78. The summed E-state index contributed by atoms with van der Waals surface area (Å²) in [7, 11) is 2.10. The molecule has 2 aromatic rings. The van der Waals surface area contributed by atoms with Gasteiger partial charge in [-0.1, -0.05) is 12.1 Å². The molecule has 2 atom stereocenters. The van der Waals surface area contributed by atoms with E-state index in [0.717, 1.165) is 24.4 Å². The van der Waals surface area contributed by atoms with Crippen molar-refractivity contribution in [3.63, 3.8) is 0 Å². The number of likely N-dealkylation sites (N-methyl/N-ethyl adjacent to an activating group) is 1. The fourth-order valence-electron chi connectivity index (χ4n) is 2.48. The molecule has 0 aromatic carbocycles. The fourth-order valence-corrected chi connectivity index (χ4v) is 3.65. The van der Waals surface area contributed by atoms with Gasteiger partial charge in [0.15, 0.2) is 0 Å². The van der Waals surface area contributed by atoms with Gasteiger partial charge in [0.25, 0.3) is 0 Å². The van der Waals surface area contributed by atoms with Gasteiger partial charge in [-0.3, -0.25) is 4.90 Å². The van der Waals surface area contributed by atoms with Crippen molar-refractivity contribution in [3.05, 3.63) is 39.4 Å². The maximum atomic E-state index is 6.36. The fraction of sp³-hybridized carbons (Fsp3) is 0.533. The highest BCUT2D eigenvalue weighted by Gasteiger charge is 2.26. The van der Waals surface area contributed by atoms with Gasteiger partial charge in [-0.15, -0.1) is 11.3 Å². The number of aryl methyl sites for hydroxylation is 2. The quantitative estimate of drug-likeness (QED) is 0.888. The van der Waals surface area contributed by atoms with Crippen molar-refractivity contribution >= 4 is 11.3 Å². The van der Waals surface area contributed by atoms with Crippen LogP contribution in [0.4, 0.5) is 0 Å². The standard InChI is InChI=1S/C15H23N3OS/c1-5-13(16)14(15-10(2)6-7-20-15)18(4)9-12-8-11(3)19-17-12/h6-8,13-14H,5,9,16H2,1-4H3. The highest BCUT2D eigenvalue weighted by molar-refractivity contribution is 7.10. The second-order valence-corrected chi connectivity index (χ2v) is 6.28. The Bertz CT molecular complexity index is 549. The average Bonchev–Trinajstić information content (AvgIpc) is 2.99.